The van der Waals surface area contributed by atoms with Crippen LogP contribution in [0.25, 0.3) is 0 Å². The fraction of sp³-hybridized carbons (Fsp3) is 0.308. The molecule has 2 saturated heterocycles. The van der Waals surface area contributed by atoms with Gasteiger partial charge in [-0.1, -0.05) is 0 Å². The number of hydrogen-bond acceptors (Lipinski definition) is 9. The van der Waals surface area contributed by atoms with Crippen LogP contribution in [0.3, 0.4) is 0 Å². The summed E-state index contributed by atoms with van der Waals surface area (Å²) < 4.78 is 61.0. The van der Waals surface area contributed by atoms with Crippen molar-refractivity contribution in [1.29, 1.82) is 0 Å². The Morgan fingerprint density at radius 1 is 0.900 bits per heavy atom. The molecule has 0 radical (unpaired) electrons. The second kappa shape index (κ2) is 10.0. The lowest BCUT2D eigenvalue weighted by atomic mass is 10.2. The normalized spacial score (nSPS) is 19.7. The third kappa shape index (κ3) is 4.72. The summed E-state index contributed by atoms with van der Waals surface area (Å²) >= 11 is 3.32. The number of fused-ring (bicyclic) bond motifs is 3. The first-order valence-corrected chi connectivity index (χ1v) is 16.4. The van der Waals surface area contributed by atoms with Crippen LogP contribution in [0.5, 0.6) is 5.75 Å². The van der Waals surface area contributed by atoms with E-state index in [4.69, 9.17) is 10.5 Å². The Bertz CT molecular complexity index is 1710. The van der Waals surface area contributed by atoms with Crippen LogP contribution in [-0.2, 0) is 24.7 Å². The predicted octanol–water partition coefficient (Wildman–Crippen LogP) is 2.66. The van der Waals surface area contributed by atoms with Gasteiger partial charge in [0.15, 0.2) is 0 Å². The molecule has 3 aliphatic heterocycles. The first-order chi connectivity index (χ1) is 19.0. The largest absolute Gasteiger partial charge is 0.489 e. The van der Waals surface area contributed by atoms with Crippen molar-refractivity contribution in [3.05, 3.63) is 59.2 Å². The van der Waals surface area contributed by atoms with E-state index in [1.54, 1.807) is 11.0 Å². The number of halogens is 1. The molecule has 2 aromatic carbocycles. The van der Waals surface area contributed by atoms with E-state index in [-0.39, 0.29) is 39.7 Å². The van der Waals surface area contributed by atoms with Crippen molar-refractivity contribution >= 4 is 58.9 Å². The molecule has 2 N–H and O–H groups in total. The molecule has 1 amide bonds. The van der Waals surface area contributed by atoms with E-state index in [0.717, 1.165) is 6.42 Å². The Hall–Kier alpha value is -3.20. The van der Waals surface area contributed by atoms with Crippen LogP contribution in [0.1, 0.15) is 12.8 Å². The number of nitrogens with two attached hydrogens (primary N) is 1. The van der Waals surface area contributed by atoms with Gasteiger partial charge in [-0.2, -0.15) is 4.31 Å². The molecule has 1 atom stereocenters. The predicted molar refractivity (Wildman–Crippen MR) is 152 cm³/mol. The number of carbonyl (C=O) groups is 1. The second-order valence-corrected chi connectivity index (χ2v) is 14.5. The van der Waals surface area contributed by atoms with Gasteiger partial charge in [0, 0.05) is 44.4 Å². The van der Waals surface area contributed by atoms with Gasteiger partial charge in [0.1, 0.15) is 22.8 Å². The van der Waals surface area contributed by atoms with Crippen LogP contribution in [0.4, 0.5) is 17.2 Å². The maximum absolute atomic E-state index is 13.5. The van der Waals surface area contributed by atoms with Gasteiger partial charge in [0.2, 0.25) is 25.8 Å². The molecule has 2 fully saturated rings. The molecule has 14 heteroatoms. The molecule has 1 unspecified atom stereocenters. The average Bonchev–Trinajstić information content (AvgIpc) is 3.33. The fourth-order valence-electron chi connectivity index (χ4n) is 5.25. The molecule has 0 bridgehead atoms. The number of pyridine rings is 1. The minimum atomic E-state index is -3.83. The van der Waals surface area contributed by atoms with Crippen LogP contribution >= 0.6 is 15.9 Å². The molecule has 210 valence electrons. The van der Waals surface area contributed by atoms with Gasteiger partial charge in [0.25, 0.3) is 0 Å². The first kappa shape index (κ1) is 27.0. The number of sulfonamides is 1. The number of rotatable bonds is 5. The summed E-state index contributed by atoms with van der Waals surface area (Å²) in [4.78, 5) is 20.6. The molecular weight excluding hydrogens is 622 g/mol. The number of sulfone groups is 1. The molecule has 40 heavy (non-hydrogen) atoms. The van der Waals surface area contributed by atoms with Gasteiger partial charge < -0.3 is 20.3 Å². The zero-order chi connectivity index (χ0) is 28.2. The fourth-order valence-corrected chi connectivity index (χ4v) is 8.57. The molecule has 3 aliphatic rings. The zero-order valence-electron chi connectivity index (χ0n) is 21.2. The highest BCUT2D eigenvalue weighted by Gasteiger charge is 2.38. The van der Waals surface area contributed by atoms with Gasteiger partial charge in [-0.05, 0) is 70.9 Å². The maximum atomic E-state index is 13.5. The number of hydrogen-bond donors (Lipinski definition) is 1. The lowest BCUT2D eigenvalue weighted by Gasteiger charge is -2.35. The number of nitrogens with zero attached hydrogens (tertiary/aromatic N) is 4. The SMILES string of the molecule is Nc1ccc(S(=O)(=O)c2cc(Br)nc(N3CCN(S(=O)(=O)c4ccc5c(c4)OCC4CCC(=O)N54)CC3)c2)cc1. The summed E-state index contributed by atoms with van der Waals surface area (Å²) in [6.45, 7) is 1.34. The van der Waals surface area contributed by atoms with E-state index < -0.39 is 19.9 Å². The number of anilines is 3. The van der Waals surface area contributed by atoms with E-state index in [2.05, 4.69) is 20.9 Å². The number of carbonyl (C=O) groups excluding carboxylic acids is 1. The third-order valence-electron chi connectivity index (χ3n) is 7.40. The smallest absolute Gasteiger partial charge is 0.243 e. The number of aromatic nitrogens is 1. The molecule has 0 aliphatic carbocycles. The van der Waals surface area contributed by atoms with Gasteiger partial charge in [-0.25, -0.2) is 21.8 Å². The summed E-state index contributed by atoms with van der Waals surface area (Å²) in [7, 11) is -7.65. The summed E-state index contributed by atoms with van der Waals surface area (Å²) in [6, 6.07) is 13.5. The van der Waals surface area contributed by atoms with E-state index in [9.17, 15) is 21.6 Å². The highest BCUT2D eigenvalue weighted by molar-refractivity contribution is 9.10. The van der Waals surface area contributed by atoms with Crippen LogP contribution in [0, 0.1) is 0 Å². The van der Waals surface area contributed by atoms with Gasteiger partial charge in [0.05, 0.1) is 26.4 Å². The topological polar surface area (TPSA) is 143 Å². The van der Waals surface area contributed by atoms with Gasteiger partial charge >= 0.3 is 0 Å². The van der Waals surface area contributed by atoms with Crippen molar-refractivity contribution < 1.29 is 26.4 Å². The van der Waals surface area contributed by atoms with Gasteiger partial charge in [-0.15, -0.1) is 0 Å². The minimum Gasteiger partial charge on any atom is -0.489 e. The molecule has 0 spiro atoms. The van der Waals surface area contributed by atoms with Crippen LogP contribution < -0.4 is 20.3 Å². The number of nitrogen functional groups attached to an aromatic ring is 1. The number of piperazine rings is 1. The first-order valence-electron chi connectivity index (χ1n) is 12.7. The average molecular weight is 649 g/mol. The lowest BCUT2D eigenvalue weighted by Crippen LogP contribution is -2.49. The maximum Gasteiger partial charge on any atom is 0.243 e. The van der Waals surface area contributed by atoms with Crippen molar-refractivity contribution in [2.24, 2.45) is 0 Å². The zero-order valence-corrected chi connectivity index (χ0v) is 24.5. The molecule has 6 rings (SSSR count). The van der Waals surface area contributed by atoms with Crippen molar-refractivity contribution in [3.8, 4) is 5.75 Å². The summed E-state index contributed by atoms with van der Waals surface area (Å²) in [6.07, 6.45) is 1.18. The quantitative estimate of drug-likeness (QED) is 0.326. The molecule has 1 aromatic heterocycles. The molecule has 4 heterocycles. The molecule has 3 aromatic rings. The van der Waals surface area contributed by atoms with E-state index in [1.807, 2.05) is 4.90 Å². The van der Waals surface area contributed by atoms with Crippen LogP contribution in [-0.4, -0.2) is 70.9 Å². The summed E-state index contributed by atoms with van der Waals surface area (Å²) in [5, 5.41) is 0. The van der Waals surface area contributed by atoms with E-state index in [0.29, 0.717) is 53.7 Å². The second-order valence-electron chi connectivity index (χ2n) is 9.84. The van der Waals surface area contributed by atoms with Crippen molar-refractivity contribution in [2.75, 3.05) is 48.3 Å². The summed E-state index contributed by atoms with van der Waals surface area (Å²) in [5.41, 5.74) is 6.77. The monoisotopic (exact) mass is 647 g/mol. The molecule has 11 nitrogen and oxygen atoms in total. The number of ether oxygens (including phenoxy) is 1. The lowest BCUT2D eigenvalue weighted by molar-refractivity contribution is -0.117. The molecule has 0 saturated carbocycles. The van der Waals surface area contributed by atoms with Crippen molar-refractivity contribution in [1.82, 2.24) is 9.29 Å². The highest BCUT2D eigenvalue weighted by Crippen LogP contribution is 2.40. The Morgan fingerprint density at radius 2 is 1.60 bits per heavy atom. The number of amides is 1. The van der Waals surface area contributed by atoms with E-state index >= 15 is 0 Å². The summed E-state index contributed by atoms with van der Waals surface area (Å²) in [5.74, 6) is 0.832. The van der Waals surface area contributed by atoms with Crippen molar-refractivity contribution in [2.45, 2.75) is 33.6 Å². The van der Waals surface area contributed by atoms with Gasteiger partial charge in [-0.3, -0.25) is 4.79 Å². The van der Waals surface area contributed by atoms with Crippen LogP contribution in [0.2, 0.25) is 0 Å². The highest BCUT2D eigenvalue weighted by atomic mass is 79.9. The Kier molecular flexibility index (Phi) is 6.76. The van der Waals surface area contributed by atoms with Crippen LogP contribution in [0.15, 0.2) is 73.9 Å². The van der Waals surface area contributed by atoms with Crippen molar-refractivity contribution in [3.63, 3.8) is 0 Å². The molecular formula is C26H26BrN5O6S2. The Balaban J connectivity index is 1.19. The van der Waals surface area contributed by atoms with E-state index in [1.165, 1.54) is 52.8 Å². The standard InChI is InChI=1S/C26H26BrN5O6S2/c27-24-14-21(39(34,35)19-4-1-17(28)2-5-19)15-25(29-24)30-9-11-31(12-10-30)40(36,37)20-6-7-22-23(13-20)38-16-18-3-8-26(33)32(18)22/h1-2,4-7,13-15,18H,3,8-12,16,28H2. The third-order valence-corrected chi connectivity index (χ3v) is 11.5. The minimum absolute atomic E-state index is 0.0100. The Morgan fingerprint density at radius 3 is 2.33 bits per heavy atom. The number of benzene rings is 2. The Labute approximate surface area is 240 Å².